The SMILES string of the molecule is CCOc1ccccc1CN(C)C(C)=O. The van der Waals surface area contributed by atoms with Crippen molar-refractivity contribution in [3.05, 3.63) is 29.8 Å². The average molecular weight is 207 g/mol. The highest BCUT2D eigenvalue weighted by molar-refractivity contribution is 5.72. The second-order valence-electron chi connectivity index (χ2n) is 3.42. The molecule has 0 aliphatic carbocycles. The zero-order valence-electron chi connectivity index (χ0n) is 9.49. The molecule has 0 aliphatic rings. The topological polar surface area (TPSA) is 29.5 Å². The van der Waals surface area contributed by atoms with Gasteiger partial charge in [0.25, 0.3) is 0 Å². The van der Waals surface area contributed by atoms with Gasteiger partial charge in [-0.15, -0.1) is 0 Å². The lowest BCUT2D eigenvalue weighted by molar-refractivity contribution is -0.128. The fourth-order valence-corrected chi connectivity index (χ4v) is 1.30. The van der Waals surface area contributed by atoms with E-state index in [1.54, 1.807) is 18.9 Å². The number of rotatable bonds is 4. The number of amides is 1. The molecule has 0 aromatic heterocycles. The first kappa shape index (κ1) is 11.6. The summed E-state index contributed by atoms with van der Waals surface area (Å²) < 4.78 is 5.48. The molecule has 3 nitrogen and oxygen atoms in total. The number of carbonyl (C=O) groups is 1. The molecule has 0 unspecified atom stereocenters. The molecule has 1 amide bonds. The van der Waals surface area contributed by atoms with Crippen LogP contribution in [-0.4, -0.2) is 24.5 Å². The Bertz CT molecular complexity index is 336. The van der Waals surface area contributed by atoms with Gasteiger partial charge in [-0.3, -0.25) is 4.79 Å². The average Bonchev–Trinajstić information content (AvgIpc) is 2.21. The number of nitrogens with zero attached hydrogens (tertiary/aromatic N) is 1. The maximum Gasteiger partial charge on any atom is 0.219 e. The Morgan fingerprint density at radius 2 is 2.07 bits per heavy atom. The summed E-state index contributed by atoms with van der Waals surface area (Å²) in [7, 11) is 1.78. The third-order valence-electron chi connectivity index (χ3n) is 2.22. The molecule has 0 bridgehead atoms. The van der Waals surface area contributed by atoms with Crippen LogP contribution >= 0.6 is 0 Å². The predicted octanol–water partition coefficient (Wildman–Crippen LogP) is 2.06. The van der Waals surface area contributed by atoms with Crippen LogP contribution in [0.2, 0.25) is 0 Å². The van der Waals surface area contributed by atoms with E-state index < -0.39 is 0 Å². The molecular weight excluding hydrogens is 190 g/mol. The fourth-order valence-electron chi connectivity index (χ4n) is 1.30. The van der Waals surface area contributed by atoms with Crippen LogP contribution in [0.15, 0.2) is 24.3 Å². The number of hydrogen-bond donors (Lipinski definition) is 0. The molecule has 0 radical (unpaired) electrons. The van der Waals surface area contributed by atoms with E-state index in [0.29, 0.717) is 13.2 Å². The molecular formula is C12H17NO2. The largest absolute Gasteiger partial charge is 0.494 e. The number of benzene rings is 1. The van der Waals surface area contributed by atoms with Gasteiger partial charge in [0.05, 0.1) is 6.61 Å². The van der Waals surface area contributed by atoms with Crippen LogP contribution < -0.4 is 4.74 Å². The normalized spacial score (nSPS) is 9.80. The molecule has 82 valence electrons. The first-order chi connectivity index (χ1) is 7.15. The van der Waals surface area contributed by atoms with Crippen molar-refractivity contribution in [1.82, 2.24) is 4.90 Å². The molecule has 3 heteroatoms. The highest BCUT2D eigenvalue weighted by Gasteiger charge is 2.07. The minimum Gasteiger partial charge on any atom is -0.494 e. The van der Waals surface area contributed by atoms with Gasteiger partial charge in [0.15, 0.2) is 0 Å². The number of ether oxygens (including phenoxy) is 1. The maximum absolute atomic E-state index is 11.1. The highest BCUT2D eigenvalue weighted by atomic mass is 16.5. The van der Waals surface area contributed by atoms with Crippen LogP contribution in [0.4, 0.5) is 0 Å². The summed E-state index contributed by atoms with van der Waals surface area (Å²) in [5.74, 6) is 0.911. The quantitative estimate of drug-likeness (QED) is 0.756. The Morgan fingerprint density at radius 3 is 2.67 bits per heavy atom. The summed E-state index contributed by atoms with van der Waals surface area (Å²) in [4.78, 5) is 12.8. The minimum absolute atomic E-state index is 0.0568. The summed E-state index contributed by atoms with van der Waals surface area (Å²) in [6, 6.07) is 7.78. The second kappa shape index (κ2) is 5.39. The van der Waals surface area contributed by atoms with E-state index in [2.05, 4.69) is 0 Å². The lowest BCUT2D eigenvalue weighted by atomic mass is 10.2. The molecule has 0 aliphatic heterocycles. The number of para-hydroxylation sites is 1. The van der Waals surface area contributed by atoms with Crippen molar-refractivity contribution >= 4 is 5.91 Å². The van der Waals surface area contributed by atoms with Crippen LogP contribution in [0.3, 0.4) is 0 Å². The van der Waals surface area contributed by atoms with Crippen LogP contribution in [0.25, 0.3) is 0 Å². The van der Waals surface area contributed by atoms with E-state index in [1.165, 1.54) is 0 Å². The van der Waals surface area contributed by atoms with Gasteiger partial charge in [0, 0.05) is 26.1 Å². The summed E-state index contributed by atoms with van der Waals surface area (Å²) in [5, 5.41) is 0. The second-order valence-corrected chi connectivity index (χ2v) is 3.42. The van der Waals surface area contributed by atoms with Gasteiger partial charge < -0.3 is 9.64 Å². The molecule has 0 N–H and O–H groups in total. The van der Waals surface area contributed by atoms with Gasteiger partial charge in [-0.25, -0.2) is 0 Å². The molecule has 1 aromatic carbocycles. The predicted molar refractivity (Wildman–Crippen MR) is 59.8 cm³/mol. The zero-order valence-corrected chi connectivity index (χ0v) is 9.49. The summed E-state index contributed by atoms with van der Waals surface area (Å²) in [6.45, 7) is 4.74. The van der Waals surface area contributed by atoms with Crippen molar-refractivity contribution < 1.29 is 9.53 Å². The Labute approximate surface area is 90.7 Å². The van der Waals surface area contributed by atoms with E-state index in [0.717, 1.165) is 11.3 Å². The fraction of sp³-hybridized carbons (Fsp3) is 0.417. The van der Waals surface area contributed by atoms with Crippen LogP contribution in [0.1, 0.15) is 19.4 Å². The lowest BCUT2D eigenvalue weighted by Gasteiger charge is -2.17. The van der Waals surface area contributed by atoms with Crippen molar-refractivity contribution in [2.45, 2.75) is 20.4 Å². The van der Waals surface area contributed by atoms with Crippen LogP contribution in [-0.2, 0) is 11.3 Å². The van der Waals surface area contributed by atoms with E-state index in [-0.39, 0.29) is 5.91 Å². The van der Waals surface area contributed by atoms with Gasteiger partial charge in [0.2, 0.25) is 5.91 Å². The van der Waals surface area contributed by atoms with E-state index in [1.807, 2.05) is 31.2 Å². The van der Waals surface area contributed by atoms with Gasteiger partial charge in [-0.2, -0.15) is 0 Å². The maximum atomic E-state index is 11.1. The molecule has 0 saturated heterocycles. The Kier molecular flexibility index (Phi) is 4.16. The Hall–Kier alpha value is -1.51. The standard InChI is InChI=1S/C12H17NO2/c1-4-15-12-8-6-5-7-11(12)9-13(3)10(2)14/h5-8H,4,9H2,1-3H3. The zero-order chi connectivity index (χ0) is 11.3. The molecule has 0 spiro atoms. The molecule has 1 rings (SSSR count). The summed E-state index contributed by atoms with van der Waals surface area (Å²) in [6.07, 6.45) is 0. The van der Waals surface area contributed by atoms with E-state index in [9.17, 15) is 4.79 Å². The van der Waals surface area contributed by atoms with Gasteiger partial charge >= 0.3 is 0 Å². The Morgan fingerprint density at radius 1 is 1.40 bits per heavy atom. The highest BCUT2D eigenvalue weighted by Crippen LogP contribution is 2.19. The molecule has 0 fully saturated rings. The van der Waals surface area contributed by atoms with Gasteiger partial charge in [0.1, 0.15) is 5.75 Å². The third kappa shape index (κ3) is 3.27. The molecule has 0 heterocycles. The van der Waals surface area contributed by atoms with Gasteiger partial charge in [-0.05, 0) is 13.0 Å². The molecule has 0 atom stereocenters. The van der Waals surface area contributed by atoms with Crippen LogP contribution in [0.5, 0.6) is 5.75 Å². The van der Waals surface area contributed by atoms with Crippen LogP contribution in [0, 0.1) is 0 Å². The van der Waals surface area contributed by atoms with Crippen molar-refractivity contribution in [3.8, 4) is 5.75 Å². The van der Waals surface area contributed by atoms with Crippen molar-refractivity contribution in [1.29, 1.82) is 0 Å². The van der Waals surface area contributed by atoms with Crippen molar-refractivity contribution in [2.24, 2.45) is 0 Å². The van der Waals surface area contributed by atoms with Crippen molar-refractivity contribution in [2.75, 3.05) is 13.7 Å². The monoisotopic (exact) mass is 207 g/mol. The first-order valence-corrected chi connectivity index (χ1v) is 5.07. The van der Waals surface area contributed by atoms with Crippen molar-refractivity contribution in [3.63, 3.8) is 0 Å². The van der Waals surface area contributed by atoms with E-state index in [4.69, 9.17) is 4.74 Å². The van der Waals surface area contributed by atoms with Gasteiger partial charge in [-0.1, -0.05) is 18.2 Å². The summed E-state index contributed by atoms with van der Waals surface area (Å²) >= 11 is 0. The van der Waals surface area contributed by atoms with E-state index >= 15 is 0 Å². The molecule has 0 saturated carbocycles. The summed E-state index contributed by atoms with van der Waals surface area (Å²) in [5.41, 5.74) is 1.04. The Balaban J connectivity index is 2.79. The smallest absolute Gasteiger partial charge is 0.219 e. The molecule has 1 aromatic rings. The number of hydrogen-bond acceptors (Lipinski definition) is 2. The number of carbonyl (C=O) groups excluding carboxylic acids is 1. The lowest BCUT2D eigenvalue weighted by Crippen LogP contribution is -2.23. The minimum atomic E-state index is 0.0568. The molecule has 15 heavy (non-hydrogen) atoms. The third-order valence-corrected chi connectivity index (χ3v) is 2.22. The first-order valence-electron chi connectivity index (χ1n) is 5.07.